The number of carbonyl (C=O) groups is 1. The van der Waals surface area contributed by atoms with Crippen LogP contribution in [0.4, 0.5) is 14.5 Å². The quantitative estimate of drug-likeness (QED) is 0.638. The predicted octanol–water partition coefficient (Wildman–Crippen LogP) is 3.60. The number of hydrogen-bond acceptors (Lipinski definition) is 5. The Bertz CT molecular complexity index is 857. The molecule has 1 amide bonds. The molecule has 3 rings (SSSR count). The number of thioether (sulfide) groups is 1. The summed E-state index contributed by atoms with van der Waals surface area (Å²) in [4.78, 5) is 12.1. The Morgan fingerprint density at radius 3 is 2.58 bits per heavy atom. The number of nitrogens with one attached hydrogen (secondary N) is 1. The molecule has 1 heterocycles. The minimum absolute atomic E-state index is 0.0309. The van der Waals surface area contributed by atoms with Crippen LogP contribution in [0.5, 0.6) is 5.75 Å². The summed E-state index contributed by atoms with van der Waals surface area (Å²) in [6.07, 6.45) is 1.58. The maximum absolute atomic E-state index is 12.1. The molecule has 6 nitrogen and oxygen atoms in total. The average molecular weight is 376 g/mol. The van der Waals surface area contributed by atoms with Crippen molar-refractivity contribution in [2.45, 2.75) is 11.8 Å². The van der Waals surface area contributed by atoms with Gasteiger partial charge in [-0.3, -0.25) is 9.36 Å². The summed E-state index contributed by atoms with van der Waals surface area (Å²) in [5, 5.41) is 11.2. The van der Waals surface area contributed by atoms with E-state index in [2.05, 4.69) is 20.3 Å². The number of rotatable bonds is 7. The standard InChI is InChI=1S/C17H14F2N4O2S/c18-16(19)25-14-8-6-12(7-9-14)21-15(24)10-26-17-22-20-11-23(17)13-4-2-1-3-5-13/h1-9,11,16H,10H2,(H,21,24). The first-order valence-electron chi connectivity index (χ1n) is 7.55. The van der Waals surface area contributed by atoms with Crippen molar-refractivity contribution in [1.29, 1.82) is 0 Å². The van der Waals surface area contributed by atoms with Gasteiger partial charge in [-0.1, -0.05) is 30.0 Å². The molecule has 0 saturated heterocycles. The zero-order chi connectivity index (χ0) is 18.4. The van der Waals surface area contributed by atoms with Crippen LogP contribution in [0.15, 0.2) is 66.1 Å². The lowest BCUT2D eigenvalue weighted by atomic mass is 10.3. The lowest BCUT2D eigenvalue weighted by molar-refractivity contribution is -0.113. The number of amides is 1. The van der Waals surface area contributed by atoms with E-state index < -0.39 is 6.61 Å². The summed E-state index contributed by atoms with van der Waals surface area (Å²) in [7, 11) is 0. The molecule has 1 aromatic heterocycles. The Kier molecular flexibility index (Phi) is 5.80. The molecular formula is C17H14F2N4O2S. The number of carbonyl (C=O) groups excluding carboxylic acids is 1. The molecule has 134 valence electrons. The van der Waals surface area contributed by atoms with E-state index in [0.717, 1.165) is 5.69 Å². The smallest absolute Gasteiger partial charge is 0.387 e. The summed E-state index contributed by atoms with van der Waals surface area (Å²) in [5.74, 6) is -0.0932. The predicted molar refractivity (Wildman–Crippen MR) is 93.8 cm³/mol. The normalized spacial score (nSPS) is 10.7. The lowest BCUT2D eigenvalue weighted by Gasteiger charge is -2.08. The first-order valence-corrected chi connectivity index (χ1v) is 8.53. The third-order valence-electron chi connectivity index (χ3n) is 3.25. The molecule has 0 unspecified atom stereocenters. The number of anilines is 1. The van der Waals surface area contributed by atoms with E-state index in [0.29, 0.717) is 10.8 Å². The molecule has 9 heteroatoms. The van der Waals surface area contributed by atoms with Gasteiger partial charge in [0.15, 0.2) is 5.16 Å². The first-order chi connectivity index (χ1) is 12.6. The van der Waals surface area contributed by atoms with Crippen LogP contribution in [-0.2, 0) is 4.79 Å². The lowest BCUT2D eigenvalue weighted by Crippen LogP contribution is -2.14. The molecule has 0 atom stereocenters. The number of para-hydroxylation sites is 1. The van der Waals surface area contributed by atoms with Crippen LogP contribution < -0.4 is 10.1 Å². The number of ether oxygens (including phenoxy) is 1. The SMILES string of the molecule is O=C(CSc1nncn1-c1ccccc1)Nc1ccc(OC(F)F)cc1. The number of halogens is 2. The van der Waals surface area contributed by atoms with Gasteiger partial charge < -0.3 is 10.1 Å². The van der Waals surface area contributed by atoms with Gasteiger partial charge in [0.2, 0.25) is 5.91 Å². The molecule has 0 fully saturated rings. The van der Waals surface area contributed by atoms with E-state index in [-0.39, 0.29) is 17.4 Å². The molecule has 26 heavy (non-hydrogen) atoms. The van der Waals surface area contributed by atoms with Crippen molar-refractivity contribution < 1.29 is 18.3 Å². The zero-order valence-electron chi connectivity index (χ0n) is 13.4. The molecule has 0 saturated carbocycles. The van der Waals surface area contributed by atoms with E-state index in [4.69, 9.17) is 0 Å². The highest BCUT2D eigenvalue weighted by atomic mass is 32.2. The Labute approximate surface area is 152 Å². The monoisotopic (exact) mass is 376 g/mol. The van der Waals surface area contributed by atoms with Crippen molar-refractivity contribution in [3.8, 4) is 11.4 Å². The molecular weight excluding hydrogens is 362 g/mol. The summed E-state index contributed by atoms with van der Waals surface area (Å²) >= 11 is 1.24. The zero-order valence-corrected chi connectivity index (χ0v) is 14.2. The fourth-order valence-corrected chi connectivity index (χ4v) is 2.86. The summed E-state index contributed by atoms with van der Waals surface area (Å²) in [5.41, 5.74) is 1.39. The van der Waals surface area contributed by atoms with Gasteiger partial charge in [-0.25, -0.2) is 0 Å². The molecule has 3 aromatic rings. The average Bonchev–Trinajstić information content (AvgIpc) is 3.11. The number of aromatic nitrogens is 3. The fourth-order valence-electron chi connectivity index (χ4n) is 2.14. The van der Waals surface area contributed by atoms with Gasteiger partial charge >= 0.3 is 6.61 Å². The molecule has 0 spiro atoms. The van der Waals surface area contributed by atoms with Crippen LogP contribution in [0.1, 0.15) is 0 Å². The summed E-state index contributed by atoms with van der Waals surface area (Å²) in [6, 6.07) is 15.2. The van der Waals surface area contributed by atoms with Gasteiger partial charge in [-0.2, -0.15) is 8.78 Å². The second kappa shape index (κ2) is 8.43. The second-order valence-corrected chi connectivity index (χ2v) is 6.00. The third kappa shape index (κ3) is 4.79. The first kappa shape index (κ1) is 17.9. The highest BCUT2D eigenvalue weighted by Crippen LogP contribution is 2.21. The van der Waals surface area contributed by atoms with Gasteiger partial charge in [0.1, 0.15) is 12.1 Å². The van der Waals surface area contributed by atoms with E-state index >= 15 is 0 Å². The number of benzene rings is 2. The van der Waals surface area contributed by atoms with Crippen molar-refractivity contribution >= 4 is 23.4 Å². The van der Waals surface area contributed by atoms with E-state index in [1.165, 1.54) is 36.0 Å². The molecule has 2 aromatic carbocycles. The maximum atomic E-state index is 12.1. The van der Waals surface area contributed by atoms with Gasteiger partial charge in [-0.05, 0) is 36.4 Å². The van der Waals surface area contributed by atoms with Crippen LogP contribution in [0, 0.1) is 0 Å². The Morgan fingerprint density at radius 1 is 1.15 bits per heavy atom. The Hall–Kier alpha value is -2.94. The van der Waals surface area contributed by atoms with Crippen molar-refractivity contribution in [2.24, 2.45) is 0 Å². The molecule has 0 aliphatic heterocycles. The van der Waals surface area contributed by atoms with Crippen molar-refractivity contribution in [3.63, 3.8) is 0 Å². The molecule has 0 aliphatic rings. The Balaban J connectivity index is 1.56. The van der Waals surface area contributed by atoms with Crippen molar-refractivity contribution in [3.05, 3.63) is 60.9 Å². The number of nitrogens with zero attached hydrogens (tertiary/aromatic N) is 3. The van der Waals surface area contributed by atoms with Gasteiger partial charge in [-0.15, -0.1) is 10.2 Å². The minimum Gasteiger partial charge on any atom is -0.435 e. The van der Waals surface area contributed by atoms with Gasteiger partial charge in [0.25, 0.3) is 0 Å². The van der Waals surface area contributed by atoms with Crippen molar-refractivity contribution in [2.75, 3.05) is 11.1 Å². The van der Waals surface area contributed by atoms with E-state index in [1.807, 2.05) is 30.3 Å². The summed E-state index contributed by atoms with van der Waals surface area (Å²) in [6.45, 7) is -2.88. The molecule has 0 radical (unpaired) electrons. The van der Waals surface area contributed by atoms with Crippen LogP contribution >= 0.6 is 11.8 Å². The molecule has 0 aliphatic carbocycles. The topological polar surface area (TPSA) is 69.0 Å². The number of alkyl halides is 2. The summed E-state index contributed by atoms with van der Waals surface area (Å²) < 4.78 is 30.3. The van der Waals surface area contributed by atoms with Crippen LogP contribution in [0.25, 0.3) is 5.69 Å². The second-order valence-electron chi connectivity index (χ2n) is 5.06. The number of hydrogen-bond donors (Lipinski definition) is 1. The van der Waals surface area contributed by atoms with Crippen LogP contribution in [-0.4, -0.2) is 33.0 Å². The molecule has 1 N–H and O–H groups in total. The largest absolute Gasteiger partial charge is 0.435 e. The van der Waals surface area contributed by atoms with Gasteiger partial charge in [0, 0.05) is 11.4 Å². The van der Waals surface area contributed by atoms with Crippen LogP contribution in [0.2, 0.25) is 0 Å². The highest BCUT2D eigenvalue weighted by Gasteiger charge is 2.10. The maximum Gasteiger partial charge on any atom is 0.387 e. The van der Waals surface area contributed by atoms with Crippen molar-refractivity contribution in [1.82, 2.24) is 14.8 Å². The fraction of sp³-hybridized carbons (Fsp3) is 0.118. The minimum atomic E-state index is -2.88. The third-order valence-corrected chi connectivity index (χ3v) is 4.19. The molecule has 0 bridgehead atoms. The van der Waals surface area contributed by atoms with Crippen LogP contribution in [0.3, 0.4) is 0 Å². The van der Waals surface area contributed by atoms with E-state index in [9.17, 15) is 13.6 Å². The van der Waals surface area contributed by atoms with Gasteiger partial charge in [0.05, 0.1) is 5.75 Å². The Morgan fingerprint density at radius 2 is 1.88 bits per heavy atom. The highest BCUT2D eigenvalue weighted by molar-refractivity contribution is 7.99. The van der Waals surface area contributed by atoms with E-state index in [1.54, 1.807) is 10.9 Å².